The van der Waals surface area contributed by atoms with Crippen LogP contribution in [0.4, 0.5) is 0 Å². The van der Waals surface area contributed by atoms with Gasteiger partial charge in [-0.15, -0.1) is 0 Å². The summed E-state index contributed by atoms with van der Waals surface area (Å²) in [6, 6.07) is 31.6. The quantitative estimate of drug-likeness (QED) is 0.157. The number of nitrogens with zero attached hydrogens (tertiary/aromatic N) is 2. The molecule has 7 aromatic rings. The molecule has 72 heavy (non-hydrogen) atoms. The molecule has 0 unspecified atom stereocenters. The molecule has 4 aliphatic carbocycles. The van der Waals surface area contributed by atoms with Crippen molar-refractivity contribution in [2.45, 2.75) is 257 Å². The molecular weight excluding hydrogens is 869 g/mol. The SMILES string of the molecule is CC(C)(C)c1cc(C2CCCCC2)c(-n2c3ccc(C(C)(C)C)cc3c3cc4c(cc32)c2cc(C(C)(C)C)ccc2n4-c2c(C3CCCCC3)cc(C(C)(C)C)cc2C2CCCCC2)c(C2CCCCC2)c1. The lowest BCUT2D eigenvalue weighted by atomic mass is 9.74. The number of hydrogen-bond acceptors (Lipinski definition) is 0. The first-order chi connectivity index (χ1) is 34.3. The molecule has 0 saturated heterocycles. The molecule has 4 aliphatic rings. The van der Waals surface area contributed by atoms with Crippen molar-refractivity contribution in [3.8, 4) is 11.4 Å². The Morgan fingerprint density at radius 3 is 0.778 bits per heavy atom. The van der Waals surface area contributed by atoms with Crippen LogP contribution in [0.5, 0.6) is 0 Å². The molecule has 4 saturated carbocycles. The second-order valence-corrected chi connectivity index (χ2v) is 28.4. The van der Waals surface area contributed by atoms with Crippen molar-refractivity contribution in [3.63, 3.8) is 0 Å². The van der Waals surface area contributed by atoms with Crippen LogP contribution in [0, 0.1) is 0 Å². The fourth-order valence-corrected chi connectivity index (χ4v) is 14.6. The zero-order valence-corrected chi connectivity index (χ0v) is 47.3. The normalized spacial score (nSPS) is 19.2. The van der Waals surface area contributed by atoms with Gasteiger partial charge in [0, 0.05) is 21.5 Å². The Bertz CT molecular complexity index is 2840. The van der Waals surface area contributed by atoms with Crippen LogP contribution in [0.15, 0.2) is 72.8 Å². The highest BCUT2D eigenvalue weighted by Crippen LogP contribution is 2.51. The van der Waals surface area contributed by atoms with E-state index in [1.165, 1.54) is 194 Å². The Kier molecular flexibility index (Phi) is 13.0. The molecule has 2 heterocycles. The van der Waals surface area contributed by atoms with Crippen LogP contribution in [0.1, 0.15) is 280 Å². The molecule has 0 N–H and O–H groups in total. The number of benzene rings is 5. The van der Waals surface area contributed by atoms with Gasteiger partial charge in [-0.05, 0) is 178 Å². The van der Waals surface area contributed by atoms with Crippen molar-refractivity contribution in [2.24, 2.45) is 0 Å². The molecule has 0 atom stereocenters. The lowest BCUT2D eigenvalue weighted by molar-refractivity contribution is 0.432. The molecule has 0 aliphatic heterocycles. The molecule has 0 spiro atoms. The maximum atomic E-state index is 2.87. The molecule has 11 rings (SSSR count). The molecule has 5 aromatic carbocycles. The number of fused-ring (bicyclic) bond motifs is 6. The van der Waals surface area contributed by atoms with E-state index in [4.69, 9.17) is 0 Å². The predicted molar refractivity (Wildman–Crippen MR) is 313 cm³/mol. The minimum absolute atomic E-state index is 0.0262. The van der Waals surface area contributed by atoms with Crippen molar-refractivity contribution in [3.05, 3.63) is 117 Å². The van der Waals surface area contributed by atoms with Gasteiger partial charge in [-0.25, -0.2) is 0 Å². The third-order valence-electron chi connectivity index (χ3n) is 19.1. The molecule has 0 radical (unpaired) electrons. The van der Waals surface area contributed by atoms with Crippen molar-refractivity contribution in [1.82, 2.24) is 9.13 Å². The lowest BCUT2D eigenvalue weighted by Gasteiger charge is -2.33. The van der Waals surface area contributed by atoms with E-state index in [1.54, 1.807) is 33.6 Å². The highest BCUT2D eigenvalue weighted by atomic mass is 15.0. The summed E-state index contributed by atoms with van der Waals surface area (Å²) >= 11 is 0. The number of rotatable bonds is 6. The maximum Gasteiger partial charge on any atom is 0.0549 e. The molecule has 4 fully saturated rings. The monoisotopic (exact) mass is 961 g/mol. The van der Waals surface area contributed by atoms with Crippen LogP contribution in [0.25, 0.3) is 55.0 Å². The van der Waals surface area contributed by atoms with Gasteiger partial charge in [0.05, 0.1) is 33.4 Å². The van der Waals surface area contributed by atoms with Crippen LogP contribution in [0.3, 0.4) is 0 Å². The van der Waals surface area contributed by atoms with E-state index in [0.717, 1.165) is 0 Å². The first-order valence-electron chi connectivity index (χ1n) is 29.7. The Balaban J connectivity index is 1.32. The molecule has 0 amide bonds. The summed E-state index contributed by atoms with van der Waals surface area (Å²) in [6.45, 7) is 29.2. The largest absolute Gasteiger partial charge is 0.309 e. The van der Waals surface area contributed by atoms with Crippen LogP contribution in [0.2, 0.25) is 0 Å². The summed E-state index contributed by atoms with van der Waals surface area (Å²) in [5.74, 6) is 2.30. The summed E-state index contributed by atoms with van der Waals surface area (Å²) < 4.78 is 5.74. The summed E-state index contributed by atoms with van der Waals surface area (Å²) in [4.78, 5) is 0. The fraction of sp³-hybridized carbons (Fsp3) is 0.571. The topological polar surface area (TPSA) is 9.86 Å². The summed E-state index contributed by atoms with van der Waals surface area (Å²) in [7, 11) is 0. The number of aromatic nitrogens is 2. The van der Waals surface area contributed by atoms with Crippen molar-refractivity contribution in [1.29, 1.82) is 0 Å². The highest BCUT2D eigenvalue weighted by molar-refractivity contribution is 6.19. The zero-order valence-electron chi connectivity index (χ0n) is 47.3. The lowest BCUT2D eigenvalue weighted by Crippen LogP contribution is -2.19. The third kappa shape index (κ3) is 9.12. The van der Waals surface area contributed by atoms with Crippen LogP contribution < -0.4 is 0 Å². The van der Waals surface area contributed by atoms with E-state index in [2.05, 4.69) is 165 Å². The van der Waals surface area contributed by atoms with Gasteiger partial charge in [0.1, 0.15) is 0 Å². The molecular formula is C70H92N2. The van der Waals surface area contributed by atoms with Gasteiger partial charge in [0.2, 0.25) is 0 Å². The first kappa shape index (κ1) is 49.9. The standard InChI is InChI=1S/C70H92N2/c1-67(2,3)49-33-35-61-57(37-49)59-43-64-60(44-63(59)71(61)65-53(45-25-17-13-18-26-45)39-51(69(7,8)9)40-54(65)46-27-19-14-20-28-46)58-38-50(68(4,5)6)34-36-62(58)72(64)66-55(47-29-21-15-22-30-47)41-52(70(10,11)12)42-56(66)48-31-23-16-24-32-48/h33-48H,13-32H2,1-12H3. The fourth-order valence-electron chi connectivity index (χ4n) is 14.6. The Morgan fingerprint density at radius 2 is 0.528 bits per heavy atom. The smallest absolute Gasteiger partial charge is 0.0549 e. The average Bonchev–Trinajstić information content (AvgIpc) is 3.85. The van der Waals surface area contributed by atoms with Crippen molar-refractivity contribution >= 4 is 43.6 Å². The molecule has 2 nitrogen and oxygen atoms in total. The highest BCUT2D eigenvalue weighted by Gasteiger charge is 2.34. The zero-order chi connectivity index (χ0) is 50.5. The van der Waals surface area contributed by atoms with Crippen LogP contribution >= 0.6 is 0 Å². The van der Waals surface area contributed by atoms with E-state index < -0.39 is 0 Å². The van der Waals surface area contributed by atoms with Crippen molar-refractivity contribution < 1.29 is 0 Å². The first-order valence-corrected chi connectivity index (χ1v) is 29.7. The van der Waals surface area contributed by atoms with Gasteiger partial charge in [-0.1, -0.05) is 197 Å². The van der Waals surface area contributed by atoms with Gasteiger partial charge >= 0.3 is 0 Å². The third-order valence-corrected chi connectivity index (χ3v) is 19.1. The molecule has 2 aromatic heterocycles. The molecule has 0 bridgehead atoms. The maximum absolute atomic E-state index is 2.87. The molecule has 2 heteroatoms. The van der Waals surface area contributed by atoms with Crippen molar-refractivity contribution in [2.75, 3.05) is 0 Å². The summed E-state index contributed by atoms with van der Waals surface area (Å²) in [6.07, 6.45) is 26.5. The van der Waals surface area contributed by atoms with E-state index in [1.807, 2.05) is 0 Å². The predicted octanol–water partition coefficient (Wildman–Crippen LogP) is 21.3. The molecule has 382 valence electrons. The van der Waals surface area contributed by atoms with Gasteiger partial charge < -0.3 is 9.13 Å². The van der Waals surface area contributed by atoms with Gasteiger partial charge in [0.15, 0.2) is 0 Å². The number of hydrogen-bond donors (Lipinski definition) is 0. The van der Waals surface area contributed by atoms with E-state index in [-0.39, 0.29) is 21.7 Å². The average molecular weight is 962 g/mol. The minimum Gasteiger partial charge on any atom is -0.309 e. The summed E-state index contributed by atoms with van der Waals surface area (Å²) in [5, 5.41) is 5.66. The van der Waals surface area contributed by atoms with Crippen LogP contribution in [-0.4, -0.2) is 9.13 Å². The Morgan fingerprint density at radius 1 is 0.278 bits per heavy atom. The summed E-state index contributed by atoms with van der Waals surface area (Å²) in [5.41, 5.74) is 21.3. The Hall–Kier alpha value is -4.30. The second-order valence-electron chi connectivity index (χ2n) is 28.4. The Labute approximate surface area is 436 Å². The second kappa shape index (κ2) is 18.8. The van der Waals surface area contributed by atoms with Gasteiger partial charge in [0.25, 0.3) is 0 Å². The van der Waals surface area contributed by atoms with Gasteiger partial charge in [-0.3, -0.25) is 0 Å². The van der Waals surface area contributed by atoms with Crippen LogP contribution in [-0.2, 0) is 21.7 Å². The van der Waals surface area contributed by atoms with E-state index in [0.29, 0.717) is 23.7 Å². The van der Waals surface area contributed by atoms with E-state index in [9.17, 15) is 0 Å². The van der Waals surface area contributed by atoms with E-state index >= 15 is 0 Å². The van der Waals surface area contributed by atoms with Gasteiger partial charge in [-0.2, -0.15) is 0 Å². The minimum atomic E-state index is 0.0262.